The van der Waals surface area contributed by atoms with Crippen LogP contribution in [-0.4, -0.2) is 18.0 Å². The number of likely N-dealkylation sites (tertiary alicyclic amines) is 1. The van der Waals surface area contributed by atoms with Crippen molar-refractivity contribution in [2.75, 3.05) is 13.1 Å². The van der Waals surface area contributed by atoms with Crippen molar-refractivity contribution in [1.82, 2.24) is 4.90 Å². The highest BCUT2D eigenvalue weighted by molar-refractivity contribution is 5.40. The Morgan fingerprint density at radius 3 is 2.82 bits per heavy atom. The molecule has 90 valence electrons. The van der Waals surface area contributed by atoms with Crippen LogP contribution >= 0.6 is 0 Å². The molecule has 1 aliphatic carbocycles. The van der Waals surface area contributed by atoms with Gasteiger partial charge in [-0.1, -0.05) is 6.08 Å². The van der Waals surface area contributed by atoms with E-state index in [1.165, 1.54) is 0 Å². The van der Waals surface area contributed by atoms with Crippen molar-refractivity contribution in [2.24, 2.45) is 5.92 Å². The van der Waals surface area contributed by atoms with E-state index in [2.05, 4.69) is 0 Å². The fourth-order valence-electron chi connectivity index (χ4n) is 2.25. The molecular formula is C12H11F3N2. The van der Waals surface area contributed by atoms with Gasteiger partial charge >= 0.3 is 6.08 Å². The van der Waals surface area contributed by atoms with Crippen LogP contribution in [0.5, 0.6) is 0 Å². The van der Waals surface area contributed by atoms with E-state index < -0.39 is 12.0 Å². The number of nitriles is 1. The Balaban J connectivity index is 2.17. The fourth-order valence-corrected chi connectivity index (χ4v) is 2.25. The number of fused-ring (bicyclic) bond motifs is 1. The van der Waals surface area contributed by atoms with Gasteiger partial charge in [-0.05, 0) is 30.4 Å². The average molecular weight is 240 g/mol. The highest BCUT2D eigenvalue weighted by Gasteiger charge is 2.28. The van der Waals surface area contributed by atoms with Crippen molar-refractivity contribution >= 4 is 0 Å². The topological polar surface area (TPSA) is 27.0 Å². The third kappa shape index (κ3) is 2.36. The first-order valence-corrected chi connectivity index (χ1v) is 5.38. The molecule has 0 aromatic heterocycles. The molecule has 0 aromatic rings. The largest absolute Gasteiger partial charge is 0.340 e. The fraction of sp³-hybridized carbons (Fsp3) is 0.417. The van der Waals surface area contributed by atoms with Gasteiger partial charge in [-0.3, -0.25) is 0 Å². The number of rotatable bonds is 1. The molecule has 1 heterocycles. The van der Waals surface area contributed by atoms with Crippen LogP contribution in [0.2, 0.25) is 0 Å². The summed E-state index contributed by atoms with van der Waals surface area (Å²) in [7, 11) is 0. The van der Waals surface area contributed by atoms with E-state index in [0.29, 0.717) is 18.5 Å². The molecule has 2 rings (SSSR count). The monoisotopic (exact) mass is 240 g/mol. The van der Waals surface area contributed by atoms with Crippen LogP contribution < -0.4 is 0 Å². The Kier molecular flexibility index (Phi) is 3.23. The molecule has 17 heavy (non-hydrogen) atoms. The lowest BCUT2D eigenvalue weighted by atomic mass is 9.83. The number of hydrogen-bond acceptors (Lipinski definition) is 2. The van der Waals surface area contributed by atoms with Crippen molar-refractivity contribution in [1.29, 1.82) is 5.26 Å². The predicted octanol–water partition coefficient (Wildman–Crippen LogP) is 3.12. The van der Waals surface area contributed by atoms with Gasteiger partial charge in [0.2, 0.25) is 0 Å². The molecule has 0 saturated carbocycles. The van der Waals surface area contributed by atoms with Gasteiger partial charge in [-0.2, -0.15) is 18.4 Å². The average Bonchev–Trinajstić information content (AvgIpc) is 2.36. The molecule has 1 unspecified atom stereocenters. The first-order valence-electron chi connectivity index (χ1n) is 5.38. The van der Waals surface area contributed by atoms with Crippen LogP contribution in [0, 0.1) is 17.2 Å². The molecule has 1 atom stereocenters. The molecule has 1 fully saturated rings. The summed E-state index contributed by atoms with van der Waals surface area (Å²) >= 11 is 0. The van der Waals surface area contributed by atoms with E-state index in [1.54, 1.807) is 6.08 Å². The minimum Gasteiger partial charge on any atom is -0.340 e. The van der Waals surface area contributed by atoms with Crippen LogP contribution in [-0.2, 0) is 0 Å². The lowest BCUT2D eigenvalue weighted by Crippen LogP contribution is -2.34. The molecule has 1 saturated heterocycles. The second kappa shape index (κ2) is 4.66. The van der Waals surface area contributed by atoms with E-state index >= 15 is 0 Å². The summed E-state index contributed by atoms with van der Waals surface area (Å²) in [6.07, 6.45) is 2.62. The summed E-state index contributed by atoms with van der Waals surface area (Å²) in [4.78, 5) is 1.03. The molecule has 0 spiro atoms. The molecule has 5 heteroatoms. The highest BCUT2D eigenvalue weighted by atomic mass is 19.3. The molecule has 2 aliphatic rings. The summed E-state index contributed by atoms with van der Waals surface area (Å²) < 4.78 is 37.4. The van der Waals surface area contributed by atoms with Crippen molar-refractivity contribution in [3.05, 3.63) is 35.3 Å². The Morgan fingerprint density at radius 1 is 1.41 bits per heavy atom. The van der Waals surface area contributed by atoms with Crippen molar-refractivity contribution in [3.63, 3.8) is 0 Å². The first kappa shape index (κ1) is 11.8. The maximum Gasteiger partial charge on any atom is 0.322 e. The Hall–Kier alpha value is -1.70. The van der Waals surface area contributed by atoms with E-state index in [9.17, 15) is 13.2 Å². The number of halogens is 3. The molecule has 1 aliphatic heterocycles. The smallest absolute Gasteiger partial charge is 0.322 e. The van der Waals surface area contributed by atoms with E-state index in [1.807, 2.05) is 12.1 Å². The van der Waals surface area contributed by atoms with Crippen LogP contribution in [0.15, 0.2) is 35.3 Å². The molecule has 0 aromatic carbocycles. The number of piperidine rings is 1. The Bertz CT molecular complexity index is 453. The predicted molar refractivity (Wildman–Crippen MR) is 56.4 cm³/mol. The van der Waals surface area contributed by atoms with Gasteiger partial charge in [0, 0.05) is 18.7 Å². The summed E-state index contributed by atoms with van der Waals surface area (Å²) in [6.45, 7) is 0.438. The second-order valence-corrected chi connectivity index (χ2v) is 4.18. The molecule has 0 bridgehead atoms. The van der Waals surface area contributed by atoms with Gasteiger partial charge in [0.05, 0.1) is 6.07 Å². The zero-order chi connectivity index (χ0) is 12.4. The molecular weight excluding hydrogens is 229 g/mol. The van der Waals surface area contributed by atoms with Crippen LogP contribution in [0.25, 0.3) is 0 Å². The van der Waals surface area contributed by atoms with Crippen LogP contribution in [0.3, 0.4) is 0 Å². The zero-order valence-corrected chi connectivity index (χ0v) is 9.09. The van der Waals surface area contributed by atoms with Crippen LogP contribution in [0.4, 0.5) is 13.2 Å². The van der Waals surface area contributed by atoms with Gasteiger partial charge < -0.3 is 4.90 Å². The lowest BCUT2D eigenvalue weighted by molar-refractivity contribution is 0.203. The SMILES string of the molecule is N#CC1=CCC2CCN(C(F)=C(F)F)CC2=C1. The van der Waals surface area contributed by atoms with Crippen molar-refractivity contribution < 1.29 is 13.2 Å². The molecule has 0 amide bonds. The molecule has 2 nitrogen and oxygen atoms in total. The van der Waals surface area contributed by atoms with Gasteiger partial charge in [-0.25, -0.2) is 0 Å². The van der Waals surface area contributed by atoms with Crippen molar-refractivity contribution in [3.8, 4) is 6.07 Å². The third-order valence-corrected chi connectivity index (χ3v) is 3.17. The van der Waals surface area contributed by atoms with E-state index in [-0.39, 0.29) is 12.5 Å². The van der Waals surface area contributed by atoms with Crippen LogP contribution in [0.1, 0.15) is 12.8 Å². The maximum absolute atomic E-state index is 13.1. The Morgan fingerprint density at radius 2 is 2.18 bits per heavy atom. The third-order valence-electron chi connectivity index (χ3n) is 3.17. The van der Waals surface area contributed by atoms with Gasteiger partial charge in [0.25, 0.3) is 5.95 Å². The molecule has 0 N–H and O–H groups in total. The summed E-state index contributed by atoms with van der Waals surface area (Å²) in [5.74, 6) is -1.18. The van der Waals surface area contributed by atoms with E-state index in [4.69, 9.17) is 5.26 Å². The number of allylic oxidation sites excluding steroid dienone is 3. The minimum atomic E-state index is -2.28. The quantitative estimate of drug-likeness (QED) is 0.658. The Labute approximate surface area is 97.3 Å². The standard InChI is InChI=1S/C12H11F3N2/c13-11(14)12(15)17-4-3-9-2-1-8(6-16)5-10(9)7-17/h1,5,9H,2-4,7H2. The second-order valence-electron chi connectivity index (χ2n) is 4.18. The minimum absolute atomic E-state index is 0.146. The summed E-state index contributed by atoms with van der Waals surface area (Å²) in [6, 6.07) is 2.02. The van der Waals surface area contributed by atoms with Gasteiger partial charge in [-0.15, -0.1) is 0 Å². The normalized spacial score (nSPS) is 23.2. The first-order chi connectivity index (χ1) is 8.11. The summed E-state index contributed by atoms with van der Waals surface area (Å²) in [5, 5.41) is 8.76. The lowest BCUT2D eigenvalue weighted by Gasteiger charge is -2.35. The highest BCUT2D eigenvalue weighted by Crippen LogP contribution is 2.33. The maximum atomic E-state index is 13.1. The zero-order valence-electron chi connectivity index (χ0n) is 9.09. The number of nitrogens with zero attached hydrogens (tertiary/aromatic N) is 2. The van der Waals surface area contributed by atoms with Gasteiger partial charge in [0.15, 0.2) is 0 Å². The number of hydrogen-bond donors (Lipinski definition) is 0. The van der Waals surface area contributed by atoms with Gasteiger partial charge in [0.1, 0.15) is 0 Å². The van der Waals surface area contributed by atoms with E-state index in [0.717, 1.165) is 16.9 Å². The molecule has 0 radical (unpaired) electrons. The summed E-state index contributed by atoms with van der Waals surface area (Å²) in [5.41, 5.74) is 1.40. The van der Waals surface area contributed by atoms with Crippen molar-refractivity contribution in [2.45, 2.75) is 12.8 Å².